The van der Waals surface area contributed by atoms with Gasteiger partial charge in [0.1, 0.15) is 0 Å². The minimum atomic E-state index is -3.42. The molecule has 6 heteroatoms. The highest BCUT2D eigenvalue weighted by molar-refractivity contribution is 7.87. The second kappa shape index (κ2) is 5.06. The minimum absolute atomic E-state index is 0.326. The van der Waals surface area contributed by atoms with Crippen molar-refractivity contribution < 1.29 is 13.5 Å². The Hall–Kier alpha value is -0.170. The molecular formula is C8H18N2O3S. The second-order valence-electron chi connectivity index (χ2n) is 3.58. The van der Waals surface area contributed by atoms with E-state index in [2.05, 4.69) is 9.44 Å². The average Bonchev–Trinajstić information content (AvgIpc) is 2.08. The molecule has 1 saturated carbocycles. The fourth-order valence-electron chi connectivity index (χ4n) is 1.68. The Balaban J connectivity index is 2.49. The molecule has 3 N–H and O–H groups in total. The zero-order valence-corrected chi connectivity index (χ0v) is 9.18. The molecule has 0 aromatic heterocycles. The third-order valence-electron chi connectivity index (χ3n) is 2.37. The first-order valence-corrected chi connectivity index (χ1v) is 6.48. The SMILES string of the molecule is CCNS(=O)(=O)N[C@H]1CCCC[C@@H]1O. The Kier molecular flexibility index (Phi) is 4.31. The number of hydrogen-bond acceptors (Lipinski definition) is 3. The van der Waals surface area contributed by atoms with Gasteiger partial charge in [0.25, 0.3) is 10.2 Å². The molecule has 5 nitrogen and oxygen atoms in total. The van der Waals surface area contributed by atoms with Gasteiger partial charge in [-0.1, -0.05) is 19.8 Å². The summed E-state index contributed by atoms with van der Waals surface area (Å²) in [4.78, 5) is 0. The predicted octanol–water partition coefficient (Wildman–Crippen LogP) is -0.266. The molecule has 1 aliphatic carbocycles. The van der Waals surface area contributed by atoms with Crippen LogP contribution in [0.15, 0.2) is 0 Å². The molecule has 1 rings (SSSR count). The number of aliphatic hydroxyl groups excluding tert-OH is 1. The van der Waals surface area contributed by atoms with Crippen LogP contribution >= 0.6 is 0 Å². The summed E-state index contributed by atoms with van der Waals surface area (Å²) in [5.74, 6) is 0. The summed E-state index contributed by atoms with van der Waals surface area (Å²) < 4.78 is 27.4. The molecule has 1 aliphatic rings. The number of hydrogen-bond donors (Lipinski definition) is 3. The Morgan fingerprint density at radius 1 is 1.36 bits per heavy atom. The lowest BCUT2D eigenvalue weighted by Gasteiger charge is -2.27. The highest BCUT2D eigenvalue weighted by Crippen LogP contribution is 2.18. The van der Waals surface area contributed by atoms with E-state index in [0.717, 1.165) is 12.8 Å². The normalized spacial score (nSPS) is 29.0. The molecule has 0 unspecified atom stereocenters. The lowest BCUT2D eigenvalue weighted by Crippen LogP contribution is -2.49. The maximum absolute atomic E-state index is 11.3. The van der Waals surface area contributed by atoms with Crippen LogP contribution in [0.1, 0.15) is 32.6 Å². The molecule has 0 saturated heterocycles. The van der Waals surface area contributed by atoms with E-state index in [-0.39, 0.29) is 6.04 Å². The quantitative estimate of drug-likeness (QED) is 0.613. The van der Waals surface area contributed by atoms with Gasteiger partial charge in [0.05, 0.1) is 6.10 Å². The molecule has 0 amide bonds. The van der Waals surface area contributed by atoms with Crippen LogP contribution in [0.3, 0.4) is 0 Å². The third-order valence-corrected chi connectivity index (χ3v) is 3.65. The summed E-state index contributed by atoms with van der Waals surface area (Å²) >= 11 is 0. The fourth-order valence-corrected chi connectivity index (χ4v) is 2.82. The standard InChI is InChI=1S/C8H18N2O3S/c1-2-9-14(12,13)10-7-5-3-4-6-8(7)11/h7-11H,2-6H2,1H3/t7-,8-/m0/s1. The first-order chi connectivity index (χ1) is 6.55. The van der Waals surface area contributed by atoms with Crippen LogP contribution < -0.4 is 9.44 Å². The molecule has 84 valence electrons. The Morgan fingerprint density at radius 2 is 2.00 bits per heavy atom. The van der Waals surface area contributed by atoms with Crippen LogP contribution in [0.25, 0.3) is 0 Å². The zero-order chi connectivity index (χ0) is 10.6. The van der Waals surface area contributed by atoms with Crippen molar-refractivity contribution >= 4 is 10.2 Å². The van der Waals surface area contributed by atoms with E-state index in [0.29, 0.717) is 19.4 Å². The van der Waals surface area contributed by atoms with Gasteiger partial charge in [-0.05, 0) is 12.8 Å². The molecule has 0 radical (unpaired) electrons. The number of aliphatic hydroxyl groups is 1. The van der Waals surface area contributed by atoms with Crippen LogP contribution in [0.4, 0.5) is 0 Å². The maximum Gasteiger partial charge on any atom is 0.277 e. The van der Waals surface area contributed by atoms with Gasteiger partial charge >= 0.3 is 0 Å². The molecule has 14 heavy (non-hydrogen) atoms. The zero-order valence-electron chi connectivity index (χ0n) is 8.36. The highest BCUT2D eigenvalue weighted by Gasteiger charge is 2.26. The van der Waals surface area contributed by atoms with Crippen molar-refractivity contribution in [3.63, 3.8) is 0 Å². The average molecular weight is 222 g/mol. The van der Waals surface area contributed by atoms with Crippen LogP contribution in [-0.4, -0.2) is 32.2 Å². The van der Waals surface area contributed by atoms with Crippen LogP contribution in [-0.2, 0) is 10.2 Å². The van der Waals surface area contributed by atoms with Crippen molar-refractivity contribution in [3.05, 3.63) is 0 Å². The largest absolute Gasteiger partial charge is 0.391 e. The Bertz CT molecular complexity index is 266. The fraction of sp³-hybridized carbons (Fsp3) is 1.00. The van der Waals surface area contributed by atoms with Crippen molar-refractivity contribution in [2.45, 2.75) is 44.8 Å². The Morgan fingerprint density at radius 3 is 2.57 bits per heavy atom. The van der Waals surface area contributed by atoms with E-state index in [1.807, 2.05) is 0 Å². The predicted molar refractivity (Wildman–Crippen MR) is 54.0 cm³/mol. The van der Waals surface area contributed by atoms with Crippen molar-refractivity contribution in [3.8, 4) is 0 Å². The number of nitrogens with one attached hydrogen (secondary N) is 2. The molecule has 1 fully saturated rings. The van der Waals surface area contributed by atoms with E-state index in [4.69, 9.17) is 0 Å². The van der Waals surface area contributed by atoms with Crippen molar-refractivity contribution in [1.29, 1.82) is 0 Å². The molecule has 0 heterocycles. The van der Waals surface area contributed by atoms with Gasteiger partial charge in [0.2, 0.25) is 0 Å². The van der Waals surface area contributed by atoms with Gasteiger partial charge in [-0.3, -0.25) is 0 Å². The molecule has 0 aromatic carbocycles. The highest BCUT2D eigenvalue weighted by atomic mass is 32.2. The minimum Gasteiger partial charge on any atom is -0.391 e. The lowest BCUT2D eigenvalue weighted by molar-refractivity contribution is 0.101. The second-order valence-corrected chi connectivity index (χ2v) is 5.11. The lowest BCUT2D eigenvalue weighted by atomic mass is 9.93. The molecule has 0 aliphatic heterocycles. The smallest absolute Gasteiger partial charge is 0.277 e. The third kappa shape index (κ3) is 3.53. The van der Waals surface area contributed by atoms with E-state index in [9.17, 15) is 13.5 Å². The summed E-state index contributed by atoms with van der Waals surface area (Å²) in [7, 11) is -3.42. The molecule has 2 atom stereocenters. The summed E-state index contributed by atoms with van der Waals surface area (Å²) in [6.45, 7) is 2.08. The van der Waals surface area contributed by atoms with Gasteiger partial charge in [-0.2, -0.15) is 13.1 Å². The summed E-state index contributed by atoms with van der Waals surface area (Å²) in [5.41, 5.74) is 0. The van der Waals surface area contributed by atoms with E-state index in [1.54, 1.807) is 6.92 Å². The van der Waals surface area contributed by atoms with E-state index < -0.39 is 16.3 Å². The van der Waals surface area contributed by atoms with Gasteiger partial charge in [-0.25, -0.2) is 4.72 Å². The van der Waals surface area contributed by atoms with Crippen LogP contribution in [0.2, 0.25) is 0 Å². The van der Waals surface area contributed by atoms with Crippen molar-refractivity contribution in [2.75, 3.05) is 6.54 Å². The first kappa shape index (κ1) is 11.9. The van der Waals surface area contributed by atoms with Crippen molar-refractivity contribution in [2.24, 2.45) is 0 Å². The van der Waals surface area contributed by atoms with E-state index in [1.165, 1.54) is 0 Å². The maximum atomic E-state index is 11.3. The molecular weight excluding hydrogens is 204 g/mol. The van der Waals surface area contributed by atoms with Gasteiger partial charge in [0.15, 0.2) is 0 Å². The Labute approximate surface area is 85.1 Å². The summed E-state index contributed by atoms with van der Waals surface area (Å²) in [5, 5.41) is 9.55. The summed E-state index contributed by atoms with van der Waals surface area (Å²) in [6.07, 6.45) is 2.79. The monoisotopic (exact) mass is 222 g/mol. The molecule has 0 aromatic rings. The van der Waals surface area contributed by atoms with E-state index >= 15 is 0 Å². The first-order valence-electron chi connectivity index (χ1n) is 5.00. The van der Waals surface area contributed by atoms with Crippen molar-refractivity contribution in [1.82, 2.24) is 9.44 Å². The topological polar surface area (TPSA) is 78.4 Å². The summed E-state index contributed by atoms with van der Waals surface area (Å²) in [6, 6.07) is -0.326. The molecule has 0 bridgehead atoms. The number of rotatable bonds is 4. The van der Waals surface area contributed by atoms with Gasteiger partial charge in [-0.15, -0.1) is 0 Å². The molecule has 0 spiro atoms. The van der Waals surface area contributed by atoms with Gasteiger partial charge in [0, 0.05) is 12.6 Å². The van der Waals surface area contributed by atoms with Crippen LogP contribution in [0.5, 0.6) is 0 Å². The van der Waals surface area contributed by atoms with Crippen LogP contribution in [0, 0.1) is 0 Å². The van der Waals surface area contributed by atoms with Gasteiger partial charge < -0.3 is 5.11 Å².